The quantitative estimate of drug-likeness (QED) is 0.927. The molecule has 0 spiro atoms. The van der Waals surface area contributed by atoms with Gasteiger partial charge < -0.3 is 14.6 Å². The van der Waals surface area contributed by atoms with Crippen LogP contribution in [0.3, 0.4) is 0 Å². The van der Waals surface area contributed by atoms with Crippen LogP contribution < -0.4 is 4.74 Å². The number of hydrogen-bond acceptors (Lipinski definition) is 3. The van der Waals surface area contributed by atoms with Gasteiger partial charge >= 0.3 is 5.97 Å². The van der Waals surface area contributed by atoms with Crippen LogP contribution in [0.2, 0.25) is 0 Å². The van der Waals surface area contributed by atoms with E-state index in [9.17, 15) is 4.79 Å². The number of hydrogen-bond donors (Lipinski definition) is 1. The minimum Gasteiger partial charge on any atom is -0.490 e. The van der Waals surface area contributed by atoms with Crippen molar-refractivity contribution in [2.45, 2.75) is 25.4 Å². The summed E-state index contributed by atoms with van der Waals surface area (Å²) in [5, 5.41) is 9.09. The van der Waals surface area contributed by atoms with Crippen molar-refractivity contribution in [3.05, 3.63) is 28.2 Å². The van der Waals surface area contributed by atoms with Crippen molar-refractivity contribution in [1.82, 2.24) is 0 Å². The highest BCUT2D eigenvalue weighted by molar-refractivity contribution is 9.10. The number of ether oxygens (including phenoxy) is 2. The van der Waals surface area contributed by atoms with Gasteiger partial charge in [-0.2, -0.15) is 0 Å². The summed E-state index contributed by atoms with van der Waals surface area (Å²) in [6, 6.07) is 4.97. The predicted molar refractivity (Wildman–Crippen MR) is 70.2 cm³/mol. The van der Waals surface area contributed by atoms with Gasteiger partial charge in [0.05, 0.1) is 6.10 Å². The zero-order valence-electron chi connectivity index (χ0n) is 9.89. The first kappa shape index (κ1) is 13.4. The van der Waals surface area contributed by atoms with Crippen LogP contribution in [0.4, 0.5) is 0 Å². The molecule has 1 heterocycles. The van der Waals surface area contributed by atoms with Crippen molar-refractivity contribution in [3.8, 4) is 5.75 Å². The Morgan fingerprint density at radius 3 is 3.00 bits per heavy atom. The number of carboxylic acids is 1. The summed E-state index contributed by atoms with van der Waals surface area (Å²) in [6.07, 6.45) is 3.28. The van der Waals surface area contributed by atoms with Crippen LogP contribution in [0, 0.1) is 0 Å². The van der Waals surface area contributed by atoms with E-state index in [0.29, 0.717) is 12.4 Å². The molecule has 1 aromatic rings. The zero-order valence-corrected chi connectivity index (χ0v) is 11.5. The fourth-order valence-corrected chi connectivity index (χ4v) is 2.28. The number of benzene rings is 1. The second-order valence-electron chi connectivity index (χ2n) is 4.25. The molecule has 1 fully saturated rings. The standard InChI is InChI=1S/C13H15BrO4/c14-9-4-5-12(11(7-9)13(15)16)18-8-10-3-1-2-6-17-10/h4-5,7,10H,1-3,6,8H2,(H,15,16). The molecular weight excluding hydrogens is 300 g/mol. The Hall–Kier alpha value is -1.07. The van der Waals surface area contributed by atoms with Gasteiger partial charge in [0.25, 0.3) is 0 Å². The molecule has 0 aliphatic carbocycles. The maximum atomic E-state index is 11.1. The second-order valence-corrected chi connectivity index (χ2v) is 5.16. The van der Waals surface area contributed by atoms with E-state index < -0.39 is 5.97 Å². The molecule has 0 radical (unpaired) electrons. The first-order valence-corrected chi connectivity index (χ1v) is 6.73. The van der Waals surface area contributed by atoms with Crippen LogP contribution in [0.15, 0.2) is 22.7 Å². The largest absolute Gasteiger partial charge is 0.490 e. The minimum atomic E-state index is -0.990. The van der Waals surface area contributed by atoms with E-state index in [2.05, 4.69) is 15.9 Å². The summed E-state index contributed by atoms with van der Waals surface area (Å²) in [5.74, 6) is -0.601. The van der Waals surface area contributed by atoms with E-state index in [1.54, 1.807) is 18.2 Å². The fourth-order valence-electron chi connectivity index (χ4n) is 1.92. The SMILES string of the molecule is O=C(O)c1cc(Br)ccc1OCC1CCCCO1. The van der Waals surface area contributed by atoms with Crippen LogP contribution >= 0.6 is 15.9 Å². The van der Waals surface area contributed by atoms with Crippen molar-refractivity contribution in [1.29, 1.82) is 0 Å². The molecule has 0 saturated carbocycles. The Morgan fingerprint density at radius 2 is 2.33 bits per heavy atom. The summed E-state index contributed by atoms with van der Waals surface area (Å²) >= 11 is 3.25. The van der Waals surface area contributed by atoms with Crippen molar-refractivity contribution in [3.63, 3.8) is 0 Å². The topological polar surface area (TPSA) is 55.8 Å². The molecule has 1 unspecified atom stereocenters. The third-order valence-corrected chi connectivity index (χ3v) is 3.36. The Balaban J connectivity index is 2.01. The van der Waals surface area contributed by atoms with E-state index in [1.165, 1.54) is 0 Å². The van der Waals surface area contributed by atoms with Crippen LogP contribution in [0.5, 0.6) is 5.75 Å². The van der Waals surface area contributed by atoms with Crippen molar-refractivity contribution < 1.29 is 19.4 Å². The average molecular weight is 315 g/mol. The molecule has 18 heavy (non-hydrogen) atoms. The number of aromatic carboxylic acids is 1. The maximum Gasteiger partial charge on any atom is 0.339 e. The van der Waals surface area contributed by atoms with Crippen molar-refractivity contribution >= 4 is 21.9 Å². The molecule has 1 aliphatic heterocycles. The molecule has 1 aromatic carbocycles. The van der Waals surface area contributed by atoms with Gasteiger partial charge in [0.1, 0.15) is 17.9 Å². The Morgan fingerprint density at radius 1 is 1.50 bits per heavy atom. The molecular formula is C13H15BrO4. The average Bonchev–Trinajstić information content (AvgIpc) is 2.38. The Bertz CT molecular complexity index is 427. The minimum absolute atomic E-state index is 0.0732. The smallest absolute Gasteiger partial charge is 0.339 e. The van der Waals surface area contributed by atoms with E-state index in [-0.39, 0.29) is 11.7 Å². The molecule has 0 bridgehead atoms. The molecule has 1 atom stereocenters. The maximum absolute atomic E-state index is 11.1. The highest BCUT2D eigenvalue weighted by atomic mass is 79.9. The van der Waals surface area contributed by atoms with E-state index >= 15 is 0 Å². The first-order chi connectivity index (χ1) is 8.66. The van der Waals surface area contributed by atoms with Gasteiger partial charge in [-0.15, -0.1) is 0 Å². The van der Waals surface area contributed by atoms with Gasteiger partial charge in [-0.05, 0) is 37.5 Å². The van der Waals surface area contributed by atoms with Crippen LogP contribution in [0.25, 0.3) is 0 Å². The highest BCUT2D eigenvalue weighted by Crippen LogP contribution is 2.24. The predicted octanol–water partition coefficient (Wildman–Crippen LogP) is 3.10. The number of rotatable bonds is 4. The van der Waals surface area contributed by atoms with E-state index in [0.717, 1.165) is 30.3 Å². The lowest BCUT2D eigenvalue weighted by molar-refractivity contribution is -0.0113. The van der Waals surface area contributed by atoms with Crippen molar-refractivity contribution in [2.24, 2.45) is 0 Å². The summed E-state index contributed by atoms with van der Waals surface area (Å²) in [7, 11) is 0. The molecule has 1 N–H and O–H groups in total. The molecule has 4 nitrogen and oxygen atoms in total. The summed E-state index contributed by atoms with van der Waals surface area (Å²) < 4.78 is 11.8. The summed E-state index contributed by atoms with van der Waals surface area (Å²) in [5.41, 5.74) is 0.167. The van der Waals surface area contributed by atoms with E-state index in [1.807, 2.05) is 0 Å². The molecule has 1 saturated heterocycles. The molecule has 2 rings (SSSR count). The van der Waals surface area contributed by atoms with E-state index in [4.69, 9.17) is 14.6 Å². The number of halogens is 1. The lowest BCUT2D eigenvalue weighted by Gasteiger charge is -2.23. The lowest BCUT2D eigenvalue weighted by Crippen LogP contribution is -2.26. The Kier molecular flexibility index (Phi) is 4.60. The van der Waals surface area contributed by atoms with Gasteiger partial charge in [0.2, 0.25) is 0 Å². The highest BCUT2D eigenvalue weighted by Gasteiger charge is 2.17. The molecule has 1 aliphatic rings. The van der Waals surface area contributed by atoms with Crippen LogP contribution in [-0.4, -0.2) is 30.4 Å². The van der Waals surface area contributed by atoms with Gasteiger partial charge in [-0.1, -0.05) is 15.9 Å². The second kappa shape index (κ2) is 6.20. The normalized spacial score (nSPS) is 19.5. The number of carboxylic acid groups (broad SMARTS) is 1. The monoisotopic (exact) mass is 314 g/mol. The third-order valence-electron chi connectivity index (χ3n) is 2.87. The summed E-state index contributed by atoms with van der Waals surface area (Å²) in [4.78, 5) is 11.1. The molecule has 98 valence electrons. The molecule has 0 aromatic heterocycles. The van der Waals surface area contributed by atoms with Crippen LogP contribution in [-0.2, 0) is 4.74 Å². The van der Waals surface area contributed by atoms with Gasteiger partial charge in [-0.3, -0.25) is 0 Å². The van der Waals surface area contributed by atoms with Gasteiger partial charge in [0, 0.05) is 11.1 Å². The van der Waals surface area contributed by atoms with Crippen LogP contribution in [0.1, 0.15) is 29.6 Å². The van der Waals surface area contributed by atoms with Gasteiger partial charge in [0.15, 0.2) is 0 Å². The van der Waals surface area contributed by atoms with Crippen molar-refractivity contribution in [2.75, 3.05) is 13.2 Å². The third kappa shape index (κ3) is 3.46. The molecule has 5 heteroatoms. The van der Waals surface area contributed by atoms with Gasteiger partial charge in [-0.25, -0.2) is 4.79 Å². The lowest BCUT2D eigenvalue weighted by atomic mass is 10.1. The number of carbonyl (C=O) groups is 1. The summed E-state index contributed by atoms with van der Waals surface area (Å²) in [6.45, 7) is 1.17. The fraction of sp³-hybridized carbons (Fsp3) is 0.462. The first-order valence-electron chi connectivity index (χ1n) is 5.94. The Labute approximate surface area is 114 Å². The zero-order chi connectivity index (χ0) is 13.0. The molecule has 0 amide bonds.